The van der Waals surface area contributed by atoms with Crippen LogP contribution in [-0.4, -0.2) is 96.7 Å². The second-order valence-electron chi connectivity index (χ2n) is 28.9. The SMILES string of the molecule is CCCCCCCCCCCCCCCCCCC(=O)OC[C@H](COP(=O)(O)OC[C@@H](O)COP(=O)(O)OC[C@@H](COC(=O)CCCCCCCCCCCC)OC(=O)CCCCCCCCCCCCCCC)OC(=O)CCCCCCCCCCCCCCCCCCC(C)C. The monoisotopic (exact) mass is 1440 g/mol. The maximum atomic E-state index is 13.1. The van der Waals surface area contributed by atoms with E-state index in [2.05, 4.69) is 34.6 Å². The predicted molar refractivity (Wildman–Crippen MR) is 400 cm³/mol. The molecule has 0 aromatic rings. The van der Waals surface area contributed by atoms with Gasteiger partial charge < -0.3 is 33.8 Å². The Morgan fingerprint density at radius 1 is 0.276 bits per heavy atom. The average molecular weight is 1440 g/mol. The Labute approximate surface area is 600 Å². The minimum Gasteiger partial charge on any atom is -0.462 e. The zero-order valence-electron chi connectivity index (χ0n) is 63.9. The van der Waals surface area contributed by atoms with Crippen molar-refractivity contribution in [3.63, 3.8) is 0 Å². The molecule has 0 heterocycles. The molecule has 0 aliphatic heterocycles. The fourth-order valence-corrected chi connectivity index (χ4v) is 13.8. The van der Waals surface area contributed by atoms with Crippen molar-refractivity contribution in [2.45, 2.75) is 438 Å². The van der Waals surface area contributed by atoms with Crippen LogP contribution >= 0.6 is 15.6 Å². The molecule has 0 rings (SSSR count). The van der Waals surface area contributed by atoms with E-state index >= 15 is 0 Å². The Bertz CT molecular complexity index is 1870. The Morgan fingerprint density at radius 3 is 0.694 bits per heavy atom. The van der Waals surface area contributed by atoms with Gasteiger partial charge in [0.1, 0.15) is 19.3 Å². The van der Waals surface area contributed by atoms with E-state index in [4.69, 9.17) is 37.0 Å². The molecule has 3 N–H and O–H groups in total. The summed E-state index contributed by atoms with van der Waals surface area (Å²) in [5, 5.41) is 10.6. The first-order chi connectivity index (χ1) is 47.5. The van der Waals surface area contributed by atoms with E-state index in [1.807, 2.05) is 0 Å². The third kappa shape index (κ3) is 72.4. The lowest BCUT2D eigenvalue weighted by atomic mass is 10.0. The highest BCUT2D eigenvalue weighted by molar-refractivity contribution is 7.47. The first-order valence-electron chi connectivity index (χ1n) is 41.1. The highest BCUT2D eigenvalue weighted by atomic mass is 31.2. The van der Waals surface area contributed by atoms with Gasteiger partial charge in [0.15, 0.2) is 12.2 Å². The molecule has 2 unspecified atom stereocenters. The highest BCUT2D eigenvalue weighted by Crippen LogP contribution is 2.45. The van der Waals surface area contributed by atoms with E-state index in [1.165, 1.54) is 244 Å². The van der Waals surface area contributed by atoms with Crippen molar-refractivity contribution < 1.29 is 80.2 Å². The maximum Gasteiger partial charge on any atom is 0.472 e. The summed E-state index contributed by atoms with van der Waals surface area (Å²) in [6.07, 6.45) is 62.3. The van der Waals surface area contributed by atoms with Crippen molar-refractivity contribution in [1.82, 2.24) is 0 Å². The van der Waals surface area contributed by atoms with Gasteiger partial charge in [-0.15, -0.1) is 0 Å². The van der Waals surface area contributed by atoms with Crippen molar-refractivity contribution in [2.24, 2.45) is 5.92 Å². The van der Waals surface area contributed by atoms with Gasteiger partial charge in [-0.2, -0.15) is 0 Å². The Kier molecular flexibility index (Phi) is 70.6. The van der Waals surface area contributed by atoms with Gasteiger partial charge in [0.2, 0.25) is 0 Å². The van der Waals surface area contributed by atoms with Gasteiger partial charge in [-0.3, -0.25) is 37.3 Å². The van der Waals surface area contributed by atoms with Gasteiger partial charge >= 0.3 is 39.5 Å². The largest absolute Gasteiger partial charge is 0.472 e. The maximum absolute atomic E-state index is 13.1. The molecule has 0 saturated carbocycles. The van der Waals surface area contributed by atoms with E-state index in [-0.39, 0.29) is 25.7 Å². The summed E-state index contributed by atoms with van der Waals surface area (Å²) in [4.78, 5) is 72.9. The number of hydrogen-bond acceptors (Lipinski definition) is 15. The number of carbonyl (C=O) groups excluding carboxylic acids is 4. The summed E-state index contributed by atoms with van der Waals surface area (Å²) in [5.41, 5.74) is 0. The molecule has 17 nitrogen and oxygen atoms in total. The van der Waals surface area contributed by atoms with Gasteiger partial charge in [-0.1, -0.05) is 369 Å². The molecule has 98 heavy (non-hydrogen) atoms. The van der Waals surface area contributed by atoms with Gasteiger partial charge in [0.05, 0.1) is 26.4 Å². The van der Waals surface area contributed by atoms with E-state index in [1.54, 1.807) is 0 Å². The molecule has 0 aromatic carbocycles. The van der Waals surface area contributed by atoms with Crippen LogP contribution in [0.15, 0.2) is 0 Å². The summed E-state index contributed by atoms with van der Waals surface area (Å²) >= 11 is 0. The minimum absolute atomic E-state index is 0.108. The van der Waals surface area contributed by atoms with Crippen molar-refractivity contribution in [2.75, 3.05) is 39.6 Å². The zero-order valence-corrected chi connectivity index (χ0v) is 65.7. The molecule has 0 radical (unpaired) electrons. The summed E-state index contributed by atoms with van der Waals surface area (Å²) in [5.74, 6) is -1.30. The van der Waals surface area contributed by atoms with Crippen molar-refractivity contribution in [3.8, 4) is 0 Å². The molecule has 582 valence electrons. The first kappa shape index (κ1) is 96.1. The quantitative estimate of drug-likeness (QED) is 0.0222. The smallest absolute Gasteiger partial charge is 0.462 e. The number of aliphatic hydroxyl groups excluding tert-OH is 1. The van der Waals surface area contributed by atoms with E-state index in [0.717, 1.165) is 95.8 Å². The molecule has 0 aliphatic rings. The van der Waals surface area contributed by atoms with Crippen LogP contribution in [0.2, 0.25) is 0 Å². The molecular formula is C79H154O17P2. The number of ether oxygens (including phenoxy) is 4. The van der Waals surface area contributed by atoms with Crippen LogP contribution in [0.4, 0.5) is 0 Å². The third-order valence-corrected chi connectivity index (χ3v) is 20.4. The minimum atomic E-state index is -4.96. The Morgan fingerprint density at radius 2 is 0.469 bits per heavy atom. The number of carbonyl (C=O) groups is 4. The lowest BCUT2D eigenvalue weighted by molar-refractivity contribution is -0.161. The molecule has 5 atom stereocenters. The summed E-state index contributed by atoms with van der Waals surface area (Å²) < 4.78 is 68.6. The van der Waals surface area contributed by atoms with Gasteiger partial charge in [0.25, 0.3) is 0 Å². The number of phosphoric acid groups is 2. The van der Waals surface area contributed by atoms with E-state index < -0.39 is 97.5 Å². The topological polar surface area (TPSA) is 237 Å². The summed E-state index contributed by atoms with van der Waals surface area (Å²) in [6.45, 7) is 7.35. The lowest BCUT2D eigenvalue weighted by Gasteiger charge is -2.21. The van der Waals surface area contributed by atoms with Gasteiger partial charge in [-0.25, -0.2) is 9.13 Å². The zero-order chi connectivity index (χ0) is 71.9. The molecule has 0 bridgehead atoms. The van der Waals surface area contributed by atoms with Gasteiger partial charge in [0, 0.05) is 25.7 Å². The normalized spacial score (nSPS) is 13.9. The molecule has 0 fully saturated rings. The van der Waals surface area contributed by atoms with Gasteiger partial charge in [-0.05, 0) is 31.6 Å². The van der Waals surface area contributed by atoms with Crippen LogP contribution in [-0.2, 0) is 65.4 Å². The van der Waals surface area contributed by atoms with Crippen molar-refractivity contribution in [1.29, 1.82) is 0 Å². The van der Waals surface area contributed by atoms with Crippen LogP contribution < -0.4 is 0 Å². The second kappa shape index (κ2) is 72.0. The van der Waals surface area contributed by atoms with Crippen LogP contribution in [0, 0.1) is 5.92 Å². The number of phosphoric ester groups is 2. The van der Waals surface area contributed by atoms with Crippen molar-refractivity contribution in [3.05, 3.63) is 0 Å². The number of rotatable bonds is 79. The molecule has 0 aliphatic carbocycles. The van der Waals surface area contributed by atoms with Crippen LogP contribution in [0.3, 0.4) is 0 Å². The lowest BCUT2D eigenvalue weighted by Crippen LogP contribution is -2.30. The predicted octanol–water partition coefficient (Wildman–Crippen LogP) is 23.6. The summed E-state index contributed by atoms with van der Waals surface area (Å²) in [7, 11) is -9.91. The molecule has 0 amide bonds. The summed E-state index contributed by atoms with van der Waals surface area (Å²) in [6, 6.07) is 0. The standard InChI is InChI=1S/C79H154O17P2/c1-6-9-12-15-18-21-24-26-27-31-35-38-43-48-53-58-63-77(82)90-69-75(96-79(84)65-60-55-50-45-40-36-32-29-28-30-34-37-41-46-51-56-61-72(4)5)71-94-98(87,88)92-67-73(80)66-91-97(85,86)93-70-74(68-89-76(81)62-57-52-47-42-23-20-17-14-11-8-3)95-78(83)64-59-54-49-44-39-33-25-22-19-16-13-10-7-2/h72-75,80H,6-71H2,1-5H3,(H,85,86)(H,87,88)/t73-,74+,75+/m0/s1. The first-order valence-corrected chi connectivity index (χ1v) is 44.1. The van der Waals surface area contributed by atoms with E-state index in [0.29, 0.717) is 25.7 Å². The molecule has 0 saturated heterocycles. The number of hydrogen-bond donors (Lipinski definition) is 3. The fourth-order valence-electron chi connectivity index (χ4n) is 12.2. The second-order valence-corrected chi connectivity index (χ2v) is 31.8. The van der Waals surface area contributed by atoms with Crippen molar-refractivity contribution >= 4 is 39.5 Å². The third-order valence-electron chi connectivity index (χ3n) is 18.5. The molecular weight excluding hydrogens is 1280 g/mol. The average Bonchev–Trinajstić information content (AvgIpc) is 1.20. The fraction of sp³-hybridized carbons (Fsp3) is 0.949. The Hall–Kier alpha value is -1.94. The highest BCUT2D eigenvalue weighted by Gasteiger charge is 2.30. The molecule has 0 aromatic heterocycles. The van der Waals surface area contributed by atoms with Crippen LogP contribution in [0.5, 0.6) is 0 Å². The van der Waals surface area contributed by atoms with Crippen LogP contribution in [0.25, 0.3) is 0 Å². The Balaban J connectivity index is 5.23. The number of unbranched alkanes of at least 4 members (excludes halogenated alkanes) is 51. The number of esters is 4. The van der Waals surface area contributed by atoms with Crippen LogP contribution in [0.1, 0.15) is 420 Å². The number of aliphatic hydroxyl groups is 1. The molecule has 0 spiro atoms. The van der Waals surface area contributed by atoms with E-state index in [9.17, 15) is 43.2 Å². The molecule has 19 heteroatoms.